The van der Waals surface area contributed by atoms with Gasteiger partial charge in [0.25, 0.3) is 0 Å². The fourth-order valence-corrected chi connectivity index (χ4v) is 3.72. The highest BCUT2D eigenvalue weighted by Gasteiger charge is 2.31. The van der Waals surface area contributed by atoms with Crippen LogP contribution in [0.4, 0.5) is 0 Å². The Morgan fingerprint density at radius 1 is 1.04 bits per heavy atom. The van der Waals surface area contributed by atoms with Crippen LogP contribution in [0, 0.1) is 5.92 Å². The third-order valence-corrected chi connectivity index (χ3v) is 5.32. The minimum absolute atomic E-state index is 0.0272. The van der Waals surface area contributed by atoms with Crippen LogP contribution in [-0.4, -0.2) is 78.9 Å². The third kappa shape index (κ3) is 4.97. The summed E-state index contributed by atoms with van der Waals surface area (Å²) in [5.74, 6) is 1.16. The summed E-state index contributed by atoms with van der Waals surface area (Å²) in [5, 5.41) is 0. The van der Waals surface area contributed by atoms with Crippen LogP contribution in [0.15, 0.2) is 30.3 Å². The number of carbonyl (C=O) groups is 2. The van der Waals surface area contributed by atoms with Gasteiger partial charge in [0.1, 0.15) is 12.4 Å². The van der Waals surface area contributed by atoms with Crippen molar-refractivity contribution in [2.24, 2.45) is 5.92 Å². The van der Waals surface area contributed by atoms with E-state index < -0.39 is 0 Å². The first kappa shape index (κ1) is 18.7. The first-order chi connectivity index (χ1) is 12.6. The average molecular weight is 359 g/mol. The zero-order valence-electron chi connectivity index (χ0n) is 15.6. The van der Waals surface area contributed by atoms with Gasteiger partial charge in [-0.15, -0.1) is 0 Å². The number of amides is 2. The minimum Gasteiger partial charge on any atom is -0.492 e. The summed E-state index contributed by atoms with van der Waals surface area (Å²) in [6, 6.07) is 9.84. The molecule has 0 bridgehead atoms. The molecule has 0 unspecified atom stereocenters. The molecular weight excluding hydrogens is 330 g/mol. The predicted octanol–water partition coefficient (Wildman–Crippen LogP) is 1.47. The zero-order valence-corrected chi connectivity index (χ0v) is 15.6. The fourth-order valence-electron chi connectivity index (χ4n) is 3.72. The topological polar surface area (TPSA) is 53.1 Å². The Bertz CT molecular complexity index is 600. The van der Waals surface area contributed by atoms with Crippen molar-refractivity contribution >= 4 is 11.8 Å². The fraction of sp³-hybridized carbons (Fsp3) is 0.600. The Labute approximate surface area is 155 Å². The average Bonchev–Trinajstić information content (AvgIpc) is 2.69. The number of benzene rings is 1. The summed E-state index contributed by atoms with van der Waals surface area (Å²) in [6.07, 6.45) is 1.82. The van der Waals surface area contributed by atoms with E-state index in [1.807, 2.05) is 40.1 Å². The van der Waals surface area contributed by atoms with E-state index in [-0.39, 0.29) is 17.7 Å². The number of likely N-dealkylation sites (tertiary alicyclic amines) is 1. The molecule has 0 aromatic heterocycles. The van der Waals surface area contributed by atoms with E-state index in [1.54, 1.807) is 6.92 Å². The van der Waals surface area contributed by atoms with Crippen LogP contribution in [0.1, 0.15) is 19.8 Å². The van der Waals surface area contributed by atoms with E-state index in [1.165, 1.54) is 0 Å². The molecule has 2 heterocycles. The molecule has 0 radical (unpaired) electrons. The van der Waals surface area contributed by atoms with Crippen molar-refractivity contribution in [2.45, 2.75) is 19.8 Å². The van der Waals surface area contributed by atoms with E-state index in [2.05, 4.69) is 4.90 Å². The van der Waals surface area contributed by atoms with Crippen LogP contribution in [0.2, 0.25) is 0 Å². The quantitative estimate of drug-likeness (QED) is 0.799. The standard InChI is InChI=1S/C20H29N3O3/c1-17(24)23-9-5-6-18(16-23)20(25)22-12-10-21(11-13-22)14-15-26-19-7-3-2-4-8-19/h2-4,7-8,18H,5-6,9-16H2,1H3/t18-/m0/s1. The number of rotatable bonds is 5. The van der Waals surface area contributed by atoms with Crippen molar-refractivity contribution in [3.8, 4) is 5.75 Å². The molecule has 142 valence electrons. The van der Waals surface area contributed by atoms with Crippen molar-refractivity contribution in [2.75, 3.05) is 52.4 Å². The molecular formula is C20H29N3O3. The summed E-state index contributed by atoms with van der Waals surface area (Å²) in [5.41, 5.74) is 0. The minimum atomic E-state index is -0.0272. The van der Waals surface area contributed by atoms with Gasteiger partial charge in [0.2, 0.25) is 11.8 Å². The van der Waals surface area contributed by atoms with E-state index in [9.17, 15) is 9.59 Å². The summed E-state index contributed by atoms with van der Waals surface area (Å²) < 4.78 is 5.75. The smallest absolute Gasteiger partial charge is 0.227 e. The number of ether oxygens (including phenoxy) is 1. The molecule has 6 nitrogen and oxygen atoms in total. The molecule has 2 aliphatic heterocycles. The summed E-state index contributed by atoms with van der Waals surface area (Å²) in [7, 11) is 0. The van der Waals surface area contributed by atoms with Crippen LogP contribution in [0.3, 0.4) is 0 Å². The molecule has 1 aromatic carbocycles. The highest BCUT2D eigenvalue weighted by molar-refractivity contribution is 5.81. The molecule has 2 fully saturated rings. The highest BCUT2D eigenvalue weighted by Crippen LogP contribution is 2.20. The second kappa shape index (κ2) is 9.03. The lowest BCUT2D eigenvalue weighted by atomic mass is 9.96. The maximum absolute atomic E-state index is 12.8. The van der Waals surface area contributed by atoms with Crippen molar-refractivity contribution in [3.05, 3.63) is 30.3 Å². The molecule has 26 heavy (non-hydrogen) atoms. The third-order valence-electron chi connectivity index (χ3n) is 5.32. The van der Waals surface area contributed by atoms with Gasteiger partial charge in [0.05, 0.1) is 5.92 Å². The Balaban J connectivity index is 1.39. The first-order valence-electron chi connectivity index (χ1n) is 9.58. The van der Waals surface area contributed by atoms with Gasteiger partial charge in [0.15, 0.2) is 0 Å². The molecule has 2 aliphatic rings. The Morgan fingerprint density at radius 2 is 1.77 bits per heavy atom. The number of para-hydroxylation sites is 1. The molecule has 2 saturated heterocycles. The lowest BCUT2D eigenvalue weighted by Gasteiger charge is -2.38. The van der Waals surface area contributed by atoms with E-state index >= 15 is 0 Å². The SMILES string of the molecule is CC(=O)N1CCC[C@H](C(=O)N2CCN(CCOc3ccccc3)CC2)C1. The Hall–Kier alpha value is -2.08. The normalized spacial score (nSPS) is 21.5. The number of nitrogens with zero attached hydrogens (tertiary/aromatic N) is 3. The van der Waals surface area contributed by atoms with Gasteiger partial charge in [-0.05, 0) is 25.0 Å². The predicted molar refractivity (Wildman–Crippen MR) is 99.9 cm³/mol. The van der Waals surface area contributed by atoms with Gasteiger partial charge in [-0.2, -0.15) is 0 Å². The highest BCUT2D eigenvalue weighted by atomic mass is 16.5. The molecule has 0 aliphatic carbocycles. The second-order valence-electron chi connectivity index (χ2n) is 7.13. The van der Waals surface area contributed by atoms with E-state index in [0.29, 0.717) is 13.2 Å². The molecule has 0 spiro atoms. The number of carbonyl (C=O) groups excluding carboxylic acids is 2. The van der Waals surface area contributed by atoms with E-state index in [4.69, 9.17) is 4.74 Å². The molecule has 1 atom stereocenters. The number of hydrogen-bond acceptors (Lipinski definition) is 4. The number of hydrogen-bond donors (Lipinski definition) is 0. The van der Waals surface area contributed by atoms with Gasteiger partial charge < -0.3 is 14.5 Å². The maximum atomic E-state index is 12.8. The maximum Gasteiger partial charge on any atom is 0.227 e. The number of piperidine rings is 1. The molecule has 1 aromatic rings. The second-order valence-corrected chi connectivity index (χ2v) is 7.13. The molecule has 0 saturated carbocycles. The zero-order chi connectivity index (χ0) is 18.4. The lowest BCUT2D eigenvalue weighted by Crippen LogP contribution is -2.53. The van der Waals surface area contributed by atoms with Crippen LogP contribution in [0.5, 0.6) is 5.75 Å². The van der Waals surface area contributed by atoms with Gasteiger partial charge in [-0.25, -0.2) is 0 Å². The van der Waals surface area contributed by atoms with Crippen LogP contribution >= 0.6 is 0 Å². The van der Waals surface area contributed by atoms with Gasteiger partial charge in [-0.3, -0.25) is 14.5 Å². The van der Waals surface area contributed by atoms with Crippen molar-refractivity contribution < 1.29 is 14.3 Å². The van der Waals surface area contributed by atoms with Crippen molar-refractivity contribution in [1.29, 1.82) is 0 Å². The van der Waals surface area contributed by atoms with Gasteiger partial charge >= 0.3 is 0 Å². The molecule has 3 rings (SSSR count). The summed E-state index contributed by atoms with van der Waals surface area (Å²) in [4.78, 5) is 30.5. The van der Waals surface area contributed by atoms with Crippen molar-refractivity contribution in [1.82, 2.24) is 14.7 Å². The Kier molecular flexibility index (Phi) is 6.50. The summed E-state index contributed by atoms with van der Waals surface area (Å²) >= 11 is 0. The van der Waals surface area contributed by atoms with Crippen LogP contribution in [0.25, 0.3) is 0 Å². The monoisotopic (exact) mass is 359 g/mol. The Morgan fingerprint density at radius 3 is 2.46 bits per heavy atom. The molecule has 2 amide bonds. The first-order valence-corrected chi connectivity index (χ1v) is 9.58. The van der Waals surface area contributed by atoms with Crippen LogP contribution in [-0.2, 0) is 9.59 Å². The van der Waals surface area contributed by atoms with Crippen molar-refractivity contribution in [3.63, 3.8) is 0 Å². The molecule has 6 heteroatoms. The van der Waals surface area contributed by atoms with E-state index in [0.717, 1.165) is 57.9 Å². The van der Waals surface area contributed by atoms with Crippen LogP contribution < -0.4 is 4.74 Å². The largest absolute Gasteiger partial charge is 0.492 e. The van der Waals surface area contributed by atoms with Gasteiger partial charge in [0, 0.05) is 52.7 Å². The lowest BCUT2D eigenvalue weighted by molar-refractivity contribution is -0.141. The number of piperazine rings is 1. The molecule has 0 N–H and O–H groups in total. The van der Waals surface area contributed by atoms with Gasteiger partial charge in [-0.1, -0.05) is 18.2 Å². The summed E-state index contributed by atoms with van der Waals surface area (Å²) in [6.45, 7) is 7.78.